The predicted molar refractivity (Wildman–Crippen MR) is 70.2 cm³/mol. The highest BCUT2D eigenvalue weighted by Gasteiger charge is 2.24. The van der Waals surface area contributed by atoms with Crippen LogP contribution in [-0.2, 0) is 4.74 Å². The Balaban J connectivity index is 2.10. The molecule has 0 radical (unpaired) electrons. The van der Waals surface area contributed by atoms with Crippen LogP contribution in [0.2, 0.25) is 5.02 Å². The maximum atomic E-state index is 12.3. The summed E-state index contributed by atoms with van der Waals surface area (Å²) >= 11 is 6.06. The van der Waals surface area contributed by atoms with Gasteiger partial charge < -0.3 is 4.74 Å². The van der Waals surface area contributed by atoms with Crippen LogP contribution in [-0.4, -0.2) is 28.3 Å². The molecule has 1 aromatic rings. The number of hydrogen-bond donors (Lipinski definition) is 0. The predicted octanol–water partition coefficient (Wildman–Crippen LogP) is 3.26. The van der Waals surface area contributed by atoms with Crippen molar-refractivity contribution in [3.05, 3.63) is 16.9 Å². The summed E-state index contributed by atoms with van der Waals surface area (Å²) in [6, 6.07) is 0.128. The summed E-state index contributed by atoms with van der Waals surface area (Å²) in [6.45, 7) is 4.73. The first-order chi connectivity index (χ1) is 8.59. The van der Waals surface area contributed by atoms with Gasteiger partial charge in [-0.05, 0) is 33.1 Å². The van der Waals surface area contributed by atoms with Gasteiger partial charge in [0.15, 0.2) is 5.78 Å². The maximum absolute atomic E-state index is 12.3. The number of ketones is 1. The molecule has 2 heterocycles. The van der Waals surface area contributed by atoms with Crippen LogP contribution in [0.5, 0.6) is 0 Å². The number of hydrogen-bond acceptors (Lipinski definition) is 3. The summed E-state index contributed by atoms with van der Waals surface area (Å²) in [5.41, 5.74) is 0.515. The Kier molecular flexibility index (Phi) is 4.40. The summed E-state index contributed by atoms with van der Waals surface area (Å²) < 4.78 is 7.28. The van der Waals surface area contributed by atoms with Crippen LogP contribution in [0, 0.1) is 0 Å². The van der Waals surface area contributed by atoms with Crippen molar-refractivity contribution in [3.63, 3.8) is 0 Å². The van der Waals surface area contributed by atoms with Gasteiger partial charge in [0.05, 0.1) is 17.3 Å². The lowest BCUT2D eigenvalue weighted by Gasteiger charge is -2.22. The Bertz CT molecular complexity index is 423. The van der Waals surface area contributed by atoms with Gasteiger partial charge in [0.25, 0.3) is 0 Å². The van der Waals surface area contributed by atoms with Gasteiger partial charge in [-0.25, -0.2) is 0 Å². The number of ether oxygens (including phenoxy) is 1. The molecule has 0 amide bonds. The first-order valence-corrected chi connectivity index (χ1v) is 6.85. The van der Waals surface area contributed by atoms with Crippen molar-refractivity contribution in [1.29, 1.82) is 0 Å². The van der Waals surface area contributed by atoms with E-state index in [4.69, 9.17) is 16.3 Å². The average Bonchev–Trinajstić information content (AvgIpc) is 2.72. The number of carbonyl (C=O) groups is 1. The van der Waals surface area contributed by atoms with E-state index < -0.39 is 0 Å². The van der Waals surface area contributed by atoms with Gasteiger partial charge in [-0.1, -0.05) is 11.6 Å². The minimum Gasteiger partial charge on any atom is -0.378 e. The molecule has 1 unspecified atom stereocenters. The molecule has 1 aliphatic heterocycles. The van der Waals surface area contributed by atoms with E-state index in [1.807, 2.05) is 13.8 Å². The molecule has 0 spiro atoms. The van der Waals surface area contributed by atoms with Crippen molar-refractivity contribution in [3.8, 4) is 0 Å². The molecule has 0 N–H and O–H groups in total. The van der Waals surface area contributed by atoms with Gasteiger partial charge in [-0.15, -0.1) is 0 Å². The lowest BCUT2D eigenvalue weighted by molar-refractivity contribution is 0.0126. The molecule has 18 heavy (non-hydrogen) atoms. The van der Waals surface area contributed by atoms with Crippen molar-refractivity contribution < 1.29 is 9.53 Å². The number of aromatic nitrogens is 2. The van der Waals surface area contributed by atoms with Gasteiger partial charge in [-0.3, -0.25) is 9.48 Å². The van der Waals surface area contributed by atoms with Crippen molar-refractivity contribution in [2.45, 2.75) is 51.7 Å². The molecule has 5 heteroatoms. The van der Waals surface area contributed by atoms with Crippen LogP contribution in [0.25, 0.3) is 0 Å². The number of carbonyl (C=O) groups excluding carboxylic acids is 1. The molecule has 0 saturated carbocycles. The molecule has 0 aliphatic carbocycles. The molecule has 100 valence electrons. The third-order valence-electron chi connectivity index (χ3n) is 3.19. The van der Waals surface area contributed by atoms with Crippen LogP contribution in [0.4, 0.5) is 0 Å². The fourth-order valence-corrected chi connectivity index (χ4v) is 2.50. The second kappa shape index (κ2) is 5.85. The van der Waals surface area contributed by atoms with E-state index in [9.17, 15) is 4.79 Å². The molecule has 1 aromatic heterocycles. The molecular weight excluding hydrogens is 252 g/mol. The van der Waals surface area contributed by atoms with Crippen LogP contribution in [0.15, 0.2) is 6.20 Å². The zero-order valence-electron chi connectivity index (χ0n) is 10.9. The maximum Gasteiger partial charge on any atom is 0.184 e. The van der Waals surface area contributed by atoms with E-state index in [-0.39, 0.29) is 17.9 Å². The van der Waals surface area contributed by atoms with Crippen LogP contribution in [0.1, 0.15) is 56.1 Å². The fraction of sp³-hybridized carbons (Fsp3) is 0.692. The largest absolute Gasteiger partial charge is 0.378 e. The summed E-state index contributed by atoms with van der Waals surface area (Å²) in [4.78, 5) is 12.3. The molecule has 0 aromatic carbocycles. The number of Topliss-reactive ketones (excluding diaryl/α,β-unsaturated/α-hetero) is 1. The van der Waals surface area contributed by atoms with E-state index in [1.165, 1.54) is 6.20 Å². The molecular formula is C13H19ClN2O2. The first kappa shape index (κ1) is 13.6. The quantitative estimate of drug-likeness (QED) is 0.789. The minimum absolute atomic E-state index is 0.0260. The highest BCUT2D eigenvalue weighted by Crippen LogP contribution is 2.23. The van der Waals surface area contributed by atoms with E-state index in [1.54, 1.807) is 4.68 Å². The van der Waals surface area contributed by atoms with E-state index >= 15 is 0 Å². The van der Waals surface area contributed by atoms with E-state index in [2.05, 4.69) is 5.10 Å². The second-order valence-corrected chi connectivity index (χ2v) is 5.40. The van der Waals surface area contributed by atoms with Crippen molar-refractivity contribution in [2.24, 2.45) is 0 Å². The summed E-state index contributed by atoms with van der Waals surface area (Å²) in [6.07, 6.45) is 5.16. The average molecular weight is 271 g/mol. The van der Waals surface area contributed by atoms with Gasteiger partial charge >= 0.3 is 0 Å². The molecule has 1 aliphatic rings. The van der Waals surface area contributed by atoms with Crippen LogP contribution < -0.4 is 0 Å². The zero-order chi connectivity index (χ0) is 13.1. The highest BCUT2D eigenvalue weighted by molar-refractivity contribution is 6.33. The Morgan fingerprint density at radius 2 is 2.39 bits per heavy atom. The van der Waals surface area contributed by atoms with E-state index in [0.717, 1.165) is 25.9 Å². The monoisotopic (exact) mass is 270 g/mol. The highest BCUT2D eigenvalue weighted by atomic mass is 35.5. The molecule has 2 rings (SSSR count). The minimum atomic E-state index is 0.0260. The van der Waals surface area contributed by atoms with Gasteiger partial charge in [0.2, 0.25) is 0 Å². The Hall–Kier alpha value is -0.870. The van der Waals surface area contributed by atoms with Gasteiger partial charge in [0, 0.05) is 19.1 Å². The molecule has 4 nitrogen and oxygen atoms in total. The summed E-state index contributed by atoms with van der Waals surface area (Å²) in [7, 11) is 0. The van der Waals surface area contributed by atoms with Crippen molar-refractivity contribution >= 4 is 17.4 Å². The SMILES string of the molecule is CC(C)n1ncc(Cl)c1C(=O)CC1CCCCO1. The van der Waals surface area contributed by atoms with Gasteiger partial charge in [0.1, 0.15) is 5.69 Å². The van der Waals surface area contributed by atoms with E-state index in [0.29, 0.717) is 17.1 Å². The Labute approximate surface area is 112 Å². The van der Waals surface area contributed by atoms with Gasteiger partial charge in [-0.2, -0.15) is 5.10 Å². The number of halogens is 1. The molecule has 1 saturated heterocycles. The fourth-order valence-electron chi connectivity index (χ4n) is 2.27. The zero-order valence-corrected chi connectivity index (χ0v) is 11.6. The number of rotatable bonds is 4. The lowest BCUT2D eigenvalue weighted by Crippen LogP contribution is -2.24. The third-order valence-corrected chi connectivity index (χ3v) is 3.47. The summed E-state index contributed by atoms with van der Waals surface area (Å²) in [5.74, 6) is 0.0260. The topological polar surface area (TPSA) is 44.1 Å². The molecule has 0 bridgehead atoms. The Morgan fingerprint density at radius 1 is 1.61 bits per heavy atom. The second-order valence-electron chi connectivity index (χ2n) is 5.00. The Morgan fingerprint density at radius 3 is 3.00 bits per heavy atom. The smallest absolute Gasteiger partial charge is 0.184 e. The molecule has 1 atom stereocenters. The number of nitrogens with zero attached hydrogens (tertiary/aromatic N) is 2. The standard InChI is InChI=1S/C13H19ClN2O2/c1-9(2)16-13(11(14)8-15-16)12(17)7-10-5-3-4-6-18-10/h8-10H,3-7H2,1-2H3. The van der Waals surface area contributed by atoms with Crippen molar-refractivity contribution in [2.75, 3.05) is 6.61 Å². The lowest BCUT2D eigenvalue weighted by atomic mass is 10.0. The summed E-state index contributed by atoms with van der Waals surface area (Å²) in [5, 5.41) is 4.59. The third kappa shape index (κ3) is 2.93. The van der Waals surface area contributed by atoms with Crippen molar-refractivity contribution in [1.82, 2.24) is 9.78 Å². The molecule has 1 fully saturated rings. The van der Waals surface area contributed by atoms with Crippen LogP contribution in [0.3, 0.4) is 0 Å². The normalized spacial score (nSPS) is 20.3. The van der Waals surface area contributed by atoms with Crippen LogP contribution >= 0.6 is 11.6 Å². The first-order valence-electron chi connectivity index (χ1n) is 6.47.